The summed E-state index contributed by atoms with van der Waals surface area (Å²) in [4.78, 5) is 2.44. The van der Waals surface area contributed by atoms with Gasteiger partial charge in [0.25, 0.3) is 0 Å². The van der Waals surface area contributed by atoms with E-state index in [0.717, 1.165) is 18.8 Å². The Kier molecular flexibility index (Phi) is 3.44. The molecule has 2 unspecified atom stereocenters. The second-order valence-corrected chi connectivity index (χ2v) is 4.58. The van der Waals surface area contributed by atoms with Gasteiger partial charge in [0, 0.05) is 12.6 Å². The maximum absolute atomic E-state index is 5.95. The molecular formula is C12H20N2O. The van der Waals surface area contributed by atoms with Crippen molar-refractivity contribution < 1.29 is 4.42 Å². The second-order valence-electron chi connectivity index (χ2n) is 4.58. The molecule has 0 aliphatic carbocycles. The Morgan fingerprint density at radius 3 is 3.20 bits per heavy atom. The zero-order valence-electron chi connectivity index (χ0n) is 9.36. The summed E-state index contributed by atoms with van der Waals surface area (Å²) in [6.07, 6.45) is 4.27. The van der Waals surface area contributed by atoms with Crippen molar-refractivity contribution in [1.82, 2.24) is 4.90 Å². The average molecular weight is 208 g/mol. The molecule has 0 saturated carbocycles. The summed E-state index contributed by atoms with van der Waals surface area (Å²) in [6.45, 7) is 5.32. The number of piperidine rings is 1. The molecule has 1 aliphatic rings. The van der Waals surface area contributed by atoms with Crippen LogP contribution in [0.4, 0.5) is 0 Å². The standard InChI is InChI=1S/C12H20N2O/c1-10(13)11-4-2-6-14(8-11)9-12-5-3-7-15-12/h3,5,7,10-11H,2,4,6,8-9,13H2,1H3. The van der Waals surface area contributed by atoms with Crippen molar-refractivity contribution in [3.05, 3.63) is 24.2 Å². The van der Waals surface area contributed by atoms with Crippen LogP contribution in [-0.4, -0.2) is 24.0 Å². The zero-order chi connectivity index (χ0) is 10.7. The summed E-state index contributed by atoms with van der Waals surface area (Å²) in [5.41, 5.74) is 5.95. The van der Waals surface area contributed by atoms with Gasteiger partial charge in [-0.05, 0) is 44.4 Å². The predicted octanol–water partition coefficient (Wildman–Crippen LogP) is 1.84. The lowest BCUT2D eigenvalue weighted by Gasteiger charge is -2.34. The molecule has 0 aromatic carbocycles. The fourth-order valence-corrected chi connectivity index (χ4v) is 2.29. The molecule has 1 aromatic heterocycles. The van der Waals surface area contributed by atoms with Crippen molar-refractivity contribution in [2.24, 2.45) is 11.7 Å². The first-order valence-corrected chi connectivity index (χ1v) is 5.76. The zero-order valence-corrected chi connectivity index (χ0v) is 9.36. The molecule has 0 bridgehead atoms. The quantitative estimate of drug-likeness (QED) is 0.824. The van der Waals surface area contributed by atoms with E-state index in [1.54, 1.807) is 6.26 Å². The Bertz CT molecular complexity index is 282. The molecular weight excluding hydrogens is 188 g/mol. The minimum atomic E-state index is 0.310. The van der Waals surface area contributed by atoms with Gasteiger partial charge in [0.1, 0.15) is 5.76 Å². The van der Waals surface area contributed by atoms with Gasteiger partial charge in [0.15, 0.2) is 0 Å². The maximum atomic E-state index is 5.95. The van der Waals surface area contributed by atoms with Crippen LogP contribution in [0.3, 0.4) is 0 Å². The van der Waals surface area contributed by atoms with E-state index in [0.29, 0.717) is 12.0 Å². The van der Waals surface area contributed by atoms with Gasteiger partial charge in [0.2, 0.25) is 0 Å². The number of likely N-dealkylation sites (tertiary alicyclic amines) is 1. The molecule has 2 atom stereocenters. The maximum Gasteiger partial charge on any atom is 0.117 e. The molecule has 3 nitrogen and oxygen atoms in total. The number of furan rings is 1. The van der Waals surface area contributed by atoms with Gasteiger partial charge in [0.05, 0.1) is 12.8 Å². The van der Waals surface area contributed by atoms with Gasteiger partial charge in [-0.1, -0.05) is 0 Å². The first kappa shape index (κ1) is 10.7. The summed E-state index contributed by atoms with van der Waals surface area (Å²) >= 11 is 0. The van der Waals surface area contributed by atoms with Crippen LogP contribution in [0.5, 0.6) is 0 Å². The van der Waals surface area contributed by atoms with E-state index in [9.17, 15) is 0 Å². The molecule has 2 heterocycles. The summed E-state index contributed by atoms with van der Waals surface area (Å²) in [7, 11) is 0. The smallest absolute Gasteiger partial charge is 0.117 e. The van der Waals surface area contributed by atoms with E-state index in [4.69, 9.17) is 10.2 Å². The van der Waals surface area contributed by atoms with Gasteiger partial charge >= 0.3 is 0 Å². The van der Waals surface area contributed by atoms with E-state index in [1.165, 1.54) is 19.4 Å². The lowest BCUT2D eigenvalue weighted by Crippen LogP contribution is -2.41. The summed E-state index contributed by atoms with van der Waals surface area (Å²) in [5, 5.41) is 0. The van der Waals surface area contributed by atoms with E-state index >= 15 is 0 Å². The fourth-order valence-electron chi connectivity index (χ4n) is 2.29. The van der Waals surface area contributed by atoms with E-state index in [1.807, 2.05) is 12.1 Å². The highest BCUT2D eigenvalue weighted by atomic mass is 16.3. The van der Waals surface area contributed by atoms with Crippen molar-refractivity contribution in [2.45, 2.75) is 32.4 Å². The summed E-state index contributed by atoms with van der Waals surface area (Å²) < 4.78 is 5.36. The largest absolute Gasteiger partial charge is 0.468 e. The lowest BCUT2D eigenvalue weighted by atomic mass is 9.92. The van der Waals surface area contributed by atoms with E-state index < -0.39 is 0 Å². The number of hydrogen-bond acceptors (Lipinski definition) is 3. The molecule has 1 fully saturated rings. The molecule has 15 heavy (non-hydrogen) atoms. The van der Waals surface area contributed by atoms with Crippen LogP contribution in [0, 0.1) is 5.92 Å². The number of hydrogen-bond donors (Lipinski definition) is 1. The lowest BCUT2D eigenvalue weighted by molar-refractivity contribution is 0.145. The van der Waals surface area contributed by atoms with E-state index in [2.05, 4.69) is 11.8 Å². The summed E-state index contributed by atoms with van der Waals surface area (Å²) in [5.74, 6) is 1.70. The molecule has 1 aliphatic heterocycles. The molecule has 84 valence electrons. The Balaban J connectivity index is 1.88. The van der Waals surface area contributed by atoms with Crippen molar-refractivity contribution in [3.8, 4) is 0 Å². The normalized spacial score (nSPS) is 25.3. The van der Waals surface area contributed by atoms with Gasteiger partial charge in [-0.3, -0.25) is 4.90 Å². The van der Waals surface area contributed by atoms with Crippen molar-refractivity contribution in [2.75, 3.05) is 13.1 Å². The first-order chi connectivity index (χ1) is 7.25. The average Bonchev–Trinajstić information content (AvgIpc) is 2.71. The molecule has 3 heteroatoms. The van der Waals surface area contributed by atoms with Gasteiger partial charge < -0.3 is 10.2 Å². The van der Waals surface area contributed by atoms with E-state index in [-0.39, 0.29) is 0 Å². The van der Waals surface area contributed by atoms with Crippen molar-refractivity contribution >= 4 is 0 Å². The van der Waals surface area contributed by atoms with Crippen LogP contribution >= 0.6 is 0 Å². The third-order valence-corrected chi connectivity index (χ3v) is 3.25. The van der Waals surface area contributed by atoms with Gasteiger partial charge in [-0.2, -0.15) is 0 Å². The SMILES string of the molecule is CC(N)C1CCCN(Cc2ccco2)C1. The third kappa shape index (κ3) is 2.83. The predicted molar refractivity (Wildman–Crippen MR) is 60.4 cm³/mol. The molecule has 1 saturated heterocycles. The molecule has 2 N–H and O–H groups in total. The van der Waals surface area contributed by atoms with Crippen molar-refractivity contribution in [1.29, 1.82) is 0 Å². The van der Waals surface area contributed by atoms with Crippen LogP contribution in [-0.2, 0) is 6.54 Å². The molecule has 0 amide bonds. The Morgan fingerprint density at radius 1 is 1.67 bits per heavy atom. The number of nitrogens with two attached hydrogens (primary N) is 1. The van der Waals surface area contributed by atoms with Crippen LogP contribution in [0.2, 0.25) is 0 Å². The fraction of sp³-hybridized carbons (Fsp3) is 0.667. The Hall–Kier alpha value is -0.800. The number of nitrogens with zero attached hydrogens (tertiary/aromatic N) is 1. The molecule has 0 spiro atoms. The second kappa shape index (κ2) is 4.81. The van der Waals surface area contributed by atoms with Crippen LogP contribution < -0.4 is 5.73 Å². The highest BCUT2D eigenvalue weighted by Gasteiger charge is 2.22. The van der Waals surface area contributed by atoms with Crippen molar-refractivity contribution in [3.63, 3.8) is 0 Å². The third-order valence-electron chi connectivity index (χ3n) is 3.25. The number of rotatable bonds is 3. The van der Waals surface area contributed by atoms with Gasteiger partial charge in [-0.25, -0.2) is 0 Å². The van der Waals surface area contributed by atoms with Gasteiger partial charge in [-0.15, -0.1) is 0 Å². The van der Waals surface area contributed by atoms with Crippen LogP contribution in [0.1, 0.15) is 25.5 Å². The molecule has 2 rings (SSSR count). The Morgan fingerprint density at radius 2 is 2.53 bits per heavy atom. The minimum Gasteiger partial charge on any atom is -0.468 e. The highest BCUT2D eigenvalue weighted by Crippen LogP contribution is 2.20. The van der Waals surface area contributed by atoms with Crippen LogP contribution in [0.25, 0.3) is 0 Å². The first-order valence-electron chi connectivity index (χ1n) is 5.76. The minimum absolute atomic E-state index is 0.310. The highest BCUT2D eigenvalue weighted by molar-refractivity contribution is 4.98. The molecule has 0 radical (unpaired) electrons. The topological polar surface area (TPSA) is 42.4 Å². The Labute approximate surface area is 91.2 Å². The molecule has 1 aromatic rings. The van der Waals surface area contributed by atoms with Crippen LogP contribution in [0.15, 0.2) is 22.8 Å². The monoisotopic (exact) mass is 208 g/mol. The summed E-state index contributed by atoms with van der Waals surface area (Å²) in [6, 6.07) is 4.29.